The van der Waals surface area contributed by atoms with Crippen molar-refractivity contribution in [3.05, 3.63) is 65.9 Å². The average molecular weight is 449 g/mol. The fourth-order valence-electron chi connectivity index (χ4n) is 3.85. The van der Waals surface area contributed by atoms with Gasteiger partial charge in [-0.05, 0) is 43.9 Å². The zero-order chi connectivity index (χ0) is 23.8. The quantitative estimate of drug-likeness (QED) is 0.437. The maximum atomic E-state index is 12.2. The zero-order valence-corrected chi connectivity index (χ0v) is 19.5. The van der Waals surface area contributed by atoms with Gasteiger partial charge in [0.2, 0.25) is 12.3 Å². The highest BCUT2D eigenvalue weighted by Crippen LogP contribution is 2.30. The number of fused-ring (bicyclic) bond motifs is 1. The van der Waals surface area contributed by atoms with Gasteiger partial charge in [-0.15, -0.1) is 0 Å². The molecule has 7 nitrogen and oxygen atoms in total. The zero-order valence-electron chi connectivity index (χ0n) is 19.5. The van der Waals surface area contributed by atoms with Crippen molar-refractivity contribution >= 4 is 28.9 Å². The van der Waals surface area contributed by atoms with Crippen LogP contribution in [0, 0.1) is 0 Å². The number of anilines is 1. The SMILES string of the molecule is CC[C@H](N)C(=O)NC(C)CCc1ccccc1N(C=O)Cc1c(OC)cnc2ccccc12. The number of carbonyl (C=O) groups excluding carboxylic acids is 2. The van der Waals surface area contributed by atoms with Crippen LogP contribution >= 0.6 is 0 Å². The van der Waals surface area contributed by atoms with Gasteiger partial charge in [0.05, 0.1) is 31.4 Å². The molecule has 3 aromatic rings. The molecule has 174 valence electrons. The molecule has 1 heterocycles. The van der Waals surface area contributed by atoms with Crippen LogP contribution in [-0.2, 0) is 22.6 Å². The van der Waals surface area contributed by atoms with Gasteiger partial charge >= 0.3 is 0 Å². The minimum atomic E-state index is -0.490. The molecule has 0 saturated carbocycles. The highest BCUT2D eigenvalue weighted by Gasteiger charge is 2.18. The van der Waals surface area contributed by atoms with Gasteiger partial charge in [0.1, 0.15) is 5.75 Å². The number of aromatic nitrogens is 1. The fraction of sp³-hybridized carbons (Fsp3) is 0.346. The lowest BCUT2D eigenvalue weighted by molar-refractivity contribution is -0.123. The smallest absolute Gasteiger partial charge is 0.237 e. The van der Waals surface area contributed by atoms with Crippen molar-refractivity contribution in [2.45, 2.75) is 51.7 Å². The van der Waals surface area contributed by atoms with Gasteiger partial charge in [0, 0.05) is 22.7 Å². The summed E-state index contributed by atoms with van der Waals surface area (Å²) in [7, 11) is 1.61. The average Bonchev–Trinajstić information content (AvgIpc) is 2.85. The Hall–Kier alpha value is -3.45. The number of ether oxygens (including phenoxy) is 1. The Morgan fingerprint density at radius 3 is 2.67 bits per heavy atom. The van der Waals surface area contributed by atoms with Crippen molar-refractivity contribution < 1.29 is 14.3 Å². The van der Waals surface area contributed by atoms with Gasteiger partial charge in [-0.3, -0.25) is 14.6 Å². The van der Waals surface area contributed by atoms with Crippen molar-refractivity contribution in [2.75, 3.05) is 12.0 Å². The molecule has 0 aliphatic carbocycles. The third-order valence-electron chi connectivity index (χ3n) is 5.84. The largest absolute Gasteiger partial charge is 0.495 e. The normalized spacial score (nSPS) is 12.7. The molecule has 0 spiro atoms. The summed E-state index contributed by atoms with van der Waals surface area (Å²) in [5.41, 5.74) is 9.43. The number of amides is 2. The van der Waals surface area contributed by atoms with Gasteiger partial charge < -0.3 is 20.7 Å². The topological polar surface area (TPSA) is 97.6 Å². The molecule has 3 rings (SSSR count). The molecule has 33 heavy (non-hydrogen) atoms. The number of nitrogens with one attached hydrogen (secondary N) is 1. The predicted octanol–water partition coefficient (Wildman–Crippen LogP) is 3.58. The van der Waals surface area contributed by atoms with Gasteiger partial charge in [-0.1, -0.05) is 43.3 Å². The lowest BCUT2D eigenvalue weighted by Crippen LogP contribution is -2.44. The molecule has 2 atom stereocenters. The molecular formula is C26H32N4O3. The molecule has 0 aliphatic rings. The Morgan fingerprint density at radius 1 is 1.21 bits per heavy atom. The molecule has 0 fully saturated rings. The number of benzene rings is 2. The molecule has 2 amide bonds. The highest BCUT2D eigenvalue weighted by molar-refractivity contribution is 5.86. The number of nitrogens with two attached hydrogens (primary N) is 1. The molecule has 2 aromatic carbocycles. The Bertz CT molecular complexity index is 1100. The lowest BCUT2D eigenvalue weighted by Gasteiger charge is -2.23. The van der Waals surface area contributed by atoms with Crippen molar-refractivity contribution in [1.82, 2.24) is 10.3 Å². The Balaban J connectivity index is 1.82. The standard InChI is InChI=1S/C26H32N4O3/c1-4-22(27)26(32)29-18(2)13-14-19-9-5-8-12-24(19)30(17-31)16-21-20-10-6-7-11-23(20)28-15-25(21)33-3/h5-12,15,17-18,22H,4,13-14,16,27H2,1-3H3,(H,29,32)/t18?,22-/m0/s1. The van der Waals surface area contributed by atoms with E-state index in [1.165, 1.54) is 0 Å². The van der Waals surface area contributed by atoms with Crippen molar-refractivity contribution in [3.8, 4) is 5.75 Å². The number of rotatable bonds is 11. The van der Waals surface area contributed by atoms with E-state index >= 15 is 0 Å². The van der Waals surface area contributed by atoms with E-state index in [0.717, 1.165) is 40.5 Å². The minimum absolute atomic E-state index is 0.0305. The molecule has 0 bridgehead atoms. The molecule has 0 saturated heterocycles. The van der Waals surface area contributed by atoms with E-state index in [1.54, 1.807) is 18.2 Å². The van der Waals surface area contributed by atoms with Crippen LogP contribution in [0.25, 0.3) is 10.9 Å². The number of hydrogen-bond acceptors (Lipinski definition) is 5. The van der Waals surface area contributed by atoms with E-state index in [9.17, 15) is 9.59 Å². The second kappa shape index (κ2) is 11.4. The third-order valence-corrected chi connectivity index (χ3v) is 5.84. The second-order valence-electron chi connectivity index (χ2n) is 8.15. The summed E-state index contributed by atoms with van der Waals surface area (Å²) in [4.78, 5) is 30.4. The first-order valence-corrected chi connectivity index (χ1v) is 11.2. The van der Waals surface area contributed by atoms with Gasteiger partial charge in [0.15, 0.2) is 0 Å². The van der Waals surface area contributed by atoms with Crippen LogP contribution in [0.3, 0.4) is 0 Å². The molecule has 0 aliphatic heterocycles. The van der Waals surface area contributed by atoms with E-state index in [-0.39, 0.29) is 11.9 Å². The van der Waals surface area contributed by atoms with Crippen LogP contribution in [0.15, 0.2) is 54.7 Å². The number of carbonyl (C=O) groups is 2. The number of methoxy groups -OCH3 is 1. The Morgan fingerprint density at radius 2 is 1.94 bits per heavy atom. The van der Waals surface area contributed by atoms with Crippen LogP contribution in [0.2, 0.25) is 0 Å². The van der Waals surface area contributed by atoms with Crippen LogP contribution in [-0.4, -0.2) is 36.5 Å². The van der Waals surface area contributed by atoms with E-state index in [0.29, 0.717) is 25.1 Å². The Labute approximate surface area is 194 Å². The summed E-state index contributed by atoms with van der Waals surface area (Å²) in [6.45, 7) is 4.21. The first-order chi connectivity index (χ1) is 16.0. The summed E-state index contributed by atoms with van der Waals surface area (Å²) in [6, 6.07) is 15.1. The van der Waals surface area contributed by atoms with E-state index in [2.05, 4.69) is 10.3 Å². The fourth-order valence-corrected chi connectivity index (χ4v) is 3.85. The van der Waals surface area contributed by atoms with Crippen LogP contribution in [0.5, 0.6) is 5.75 Å². The second-order valence-corrected chi connectivity index (χ2v) is 8.15. The molecule has 3 N–H and O–H groups in total. The number of aryl methyl sites for hydroxylation is 1. The first-order valence-electron chi connectivity index (χ1n) is 11.2. The minimum Gasteiger partial charge on any atom is -0.495 e. The maximum Gasteiger partial charge on any atom is 0.237 e. The summed E-state index contributed by atoms with van der Waals surface area (Å²) in [6.07, 6.45) is 4.57. The molecule has 7 heteroatoms. The summed E-state index contributed by atoms with van der Waals surface area (Å²) in [5, 5.41) is 3.92. The van der Waals surface area contributed by atoms with Gasteiger partial charge in [-0.2, -0.15) is 0 Å². The van der Waals surface area contributed by atoms with Crippen LogP contribution in [0.4, 0.5) is 5.69 Å². The summed E-state index contributed by atoms with van der Waals surface area (Å²) >= 11 is 0. The summed E-state index contributed by atoms with van der Waals surface area (Å²) in [5.74, 6) is 0.506. The summed E-state index contributed by atoms with van der Waals surface area (Å²) < 4.78 is 5.55. The number of para-hydroxylation sites is 2. The monoisotopic (exact) mass is 448 g/mol. The van der Waals surface area contributed by atoms with E-state index in [1.807, 2.05) is 62.4 Å². The van der Waals surface area contributed by atoms with E-state index in [4.69, 9.17) is 10.5 Å². The molecule has 1 unspecified atom stereocenters. The van der Waals surface area contributed by atoms with E-state index < -0.39 is 6.04 Å². The Kier molecular flexibility index (Phi) is 8.38. The van der Waals surface area contributed by atoms with Crippen molar-refractivity contribution in [1.29, 1.82) is 0 Å². The first kappa shape index (κ1) is 24.2. The van der Waals surface area contributed by atoms with Crippen molar-refractivity contribution in [2.24, 2.45) is 5.73 Å². The third kappa shape index (κ3) is 5.87. The van der Waals surface area contributed by atoms with Crippen LogP contribution < -0.4 is 20.7 Å². The number of nitrogens with zero attached hydrogens (tertiary/aromatic N) is 2. The predicted molar refractivity (Wildman–Crippen MR) is 131 cm³/mol. The van der Waals surface area contributed by atoms with Gasteiger partial charge in [0.25, 0.3) is 0 Å². The molecular weight excluding hydrogens is 416 g/mol. The number of pyridine rings is 1. The molecule has 0 radical (unpaired) electrons. The van der Waals surface area contributed by atoms with Gasteiger partial charge in [-0.25, -0.2) is 0 Å². The maximum absolute atomic E-state index is 12.2. The number of hydrogen-bond donors (Lipinski definition) is 2. The highest BCUT2D eigenvalue weighted by atomic mass is 16.5. The molecule has 1 aromatic heterocycles. The lowest BCUT2D eigenvalue weighted by atomic mass is 10.0. The van der Waals surface area contributed by atoms with Crippen LogP contribution in [0.1, 0.15) is 37.8 Å². The van der Waals surface area contributed by atoms with Crippen molar-refractivity contribution in [3.63, 3.8) is 0 Å².